The van der Waals surface area contributed by atoms with Gasteiger partial charge in [-0.3, -0.25) is 4.79 Å². The molecule has 0 saturated carbocycles. The van der Waals surface area contributed by atoms with E-state index in [0.29, 0.717) is 43.1 Å². The van der Waals surface area contributed by atoms with Gasteiger partial charge in [0.15, 0.2) is 0 Å². The summed E-state index contributed by atoms with van der Waals surface area (Å²) in [5, 5.41) is 10.2. The first-order valence-electron chi connectivity index (χ1n) is 10.7. The monoisotopic (exact) mass is 497 g/mol. The third-order valence-electron chi connectivity index (χ3n) is 5.86. The van der Waals surface area contributed by atoms with Crippen LogP contribution in [-0.2, 0) is 0 Å². The van der Waals surface area contributed by atoms with Crippen molar-refractivity contribution < 1.29 is 4.79 Å². The van der Waals surface area contributed by atoms with Gasteiger partial charge in [-0.25, -0.2) is 9.97 Å². The number of hydrogen-bond donors (Lipinski definition) is 0. The molecule has 0 aliphatic carbocycles. The third-order valence-corrected chi connectivity index (χ3v) is 6.39. The lowest BCUT2D eigenvalue weighted by atomic mass is 10.0. The fourth-order valence-electron chi connectivity index (χ4n) is 4.15. The van der Waals surface area contributed by atoms with Crippen molar-refractivity contribution >= 4 is 38.6 Å². The van der Waals surface area contributed by atoms with E-state index >= 15 is 0 Å². The number of hydrogen-bond acceptors (Lipinski definition) is 5. The van der Waals surface area contributed by atoms with Gasteiger partial charge < -0.3 is 9.80 Å². The van der Waals surface area contributed by atoms with Crippen molar-refractivity contribution in [3.63, 3.8) is 0 Å². The van der Waals surface area contributed by atoms with Crippen molar-refractivity contribution in [3.8, 4) is 17.3 Å². The summed E-state index contributed by atoms with van der Waals surface area (Å²) in [6, 6.07) is 23.3. The Morgan fingerprint density at radius 2 is 1.73 bits per heavy atom. The summed E-state index contributed by atoms with van der Waals surface area (Å²) in [6.07, 6.45) is 1.69. The lowest BCUT2D eigenvalue weighted by Crippen LogP contribution is -2.49. The van der Waals surface area contributed by atoms with Crippen LogP contribution in [0.3, 0.4) is 0 Å². The van der Waals surface area contributed by atoms with Crippen LogP contribution in [0.25, 0.3) is 22.2 Å². The van der Waals surface area contributed by atoms with Gasteiger partial charge in [0.25, 0.3) is 5.91 Å². The van der Waals surface area contributed by atoms with E-state index in [0.717, 1.165) is 26.6 Å². The summed E-state index contributed by atoms with van der Waals surface area (Å²) in [5.74, 6) is 0.673. The number of piperazine rings is 1. The number of para-hydroxylation sites is 1. The van der Waals surface area contributed by atoms with Crippen LogP contribution in [0.4, 0.5) is 5.82 Å². The number of carbonyl (C=O) groups excluding carboxylic acids is 1. The fourth-order valence-corrected chi connectivity index (χ4v) is 4.41. The van der Waals surface area contributed by atoms with Crippen LogP contribution in [0.15, 0.2) is 77.4 Å². The zero-order chi connectivity index (χ0) is 22.8. The van der Waals surface area contributed by atoms with E-state index in [2.05, 4.69) is 31.9 Å². The number of aromatic nitrogens is 2. The summed E-state index contributed by atoms with van der Waals surface area (Å²) in [5.41, 5.74) is 3.74. The molecule has 3 heterocycles. The van der Waals surface area contributed by atoms with Crippen molar-refractivity contribution in [3.05, 3.63) is 88.5 Å². The Hall–Kier alpha value is -3.76. The summed E-state index contributed by atoms with van der Waals surface area (Å²) in [7, 11) is 0. The highest BCUT2D eigenvalue weighted by Crippen LogP contribution is 2.27. The number of carbonyl (C=O) groups is 1. The van der Waals surface area contributed by atoms with Crippen molar-refractivity contribution in [1.82, 2.24) is 14.9 Å². The number of rotatable bonds is 3. The van der Waals surface area contributed by atoms with Crippen LogP contribution in [0.2, 0.25) is 0 Å². The number of nitrogens with zero attached hydrogens (tertiary/aromatic N) is 5. The minimum atomic E-state index is -0.00635. The summed E-state index contributed by atoms with van der Waals surface area (Å²) in [4.78, 5) is 26.7. The van der Waals surface area contributed by atoms with Gasteiger partial charge in [-0.15, -0.1) is 0 Å². The number of nitriles is 1. The maximum Gasteiger partial charge on any atom is 0.254 e. The molecule has 1 aliphatic rings. The molecule has 0 unspecified atom stereocenters. The highest BCUT2D eigenvalue weighted by atomic mass is 79.9. The van der Waals surface area contributed by atoms with E-state index < -0.39 is 0 Å². The normalized spacial score (nSPS) is 13.7. The van der Waals surface area contributed by atoms with Gasteiger partial charge in [-0.2, -0.15) is 5.26 Å². The number of anilines is 1. The summed E-state index contributed by atoms with van der Waals surface area (Å²) in [6.45, 7) is 2.37. The molecular formula is C26H20BrN5O. The fraction of sp³-hybridized carbons (Fsp3) is 0.154. The lowest BCUT2D eigenvalue weighted by Gasteiger charge is -2.36. The van der Waals surface area contributed by atoms with Crippen LogP contribution in [-0.4, -0.2) is 47.0 Å². The molecule has 0 radical (unpaired) electrons. The molecule has 33 heavy (non-hydrogen) atoms. The van der Waals surface area contributed by atoms with Crippen molar-refractivity contribution in [1.29, 1.82) is 5.26 Å². The molecule has 0 atom stereocenters. The molecule has 1 amide bonds. The smallest absolute Gasteiger partial charge is 0.254 e. The second kappa shape index (κ2) is 9.00. The topological polar surface area (TPSA) is 73.1 Å². The van der Waals surface area contributed by atoms with E-state index in [1.807, 2.05) is 59.5 Å². The highest BCUT2D eigenvalue weighted by Gasteiger charge is 2.26. The molecule has 0 bridgehead atoms. The number of pyridine rings is 2. The first kappa shape index (κ1) is 21.1. The van der Waals surface area contributed by atoms with Crippen LogP contribution in [0, 0.1) is 11.3 Å². The zero-order valence-electron chi connectivity index (χ0n) is 17.8. The van der Waals surface area contributed by atoms with E-state index in [9.17, 15) is 10.1 Å². The minimum absolute atomic E-state index is 0.00635. The van der Waals surface area contributed by atoms with Gasteiger partial charge in [0.2, 0.25) is 0 Å². The Balaban J connectivity index is 1.44. The van der Waals surface area contributed by atoms with Gasteiger partial charge in [0.05, 0.1) is 22.3 Å². The van der Waals surface area contributed by atoms with Gasteiger partial charge >= 0.3 is 0 Å². The van der Waals surface area contributed by atoms with E-state index in [4.69, 9.17) is 4.98 Å². The molecule has 2 aromatic carbocycles. The highest BCUT2D eigenvalue weighted by molar-refractivity contribution is 9.10. The van der Waals surface area contributed by atoms with Gasteiger partial charge in [-0.1, -0.05) is 46.3 Å². The molecule has 0 spiro atoms. The zero-order valence-corrected chi connectivity index (χ0v) is 19.4. The lowest BCUT2D eigenvalue weighted by molar-refractivity contribution is 0.0748. The Bertz CT molecular complexity index is 1370. The molecule has 2 aromatic heterocycles. The maximum absolute atomic E-state index is 13.6. The number of halogens is 1. The van der Waals surface area contributed by atoms with Crippen molar-refractivity contribution in [2.75, 3.05) is 31.1 Å². The minimum Gasteiger partial charge on any atom is -0.352 e. The van der Waals surface area contributed by atoms with Crippen molar-refractivity contribution in [2.45, 2.75) is 0 Å². The van der Waals surface area contributed by atoms with E-state index in [1.165, 1.54) is 0 Å². The maximum atomic E-state index is 13.6. The van der Waals surface area contributed by atoms with Crippen LogP contribution in [0.1, 0.15) is 15.9 Å². The third kappa shape index (κ3) is 4.18. The van der Waals surface area contributed by atoms with Crippen molar-refractivity contribution in [2.24, 2.45) is 0 Å². The quantitative estimate of drug-likeness (QED) is 0.402. The molecule has 1 saturated heterocycles. The number of amides is 1. The SMILES string of the molecule is N#Cc1cccnc1N1CCN(C(=O)c2cc(-c3ccc(Br)cc3)nc3ccccc23)CC1. The molecule has 1 fully saturated rings. The predicted octanol–water partition coefficient (Wildman–Crippen LogP) is 4.89. The molecule has 5 rings (SSSR count). The van der Waals surface area contributed by atoms with E-state index in [-0.39, 0.29) is 5.91 Å². The molecule has 1 aliphatic heterocycles. The van der Waals surface area contributed by atoms with Crippen LogP contribution >= 0.6 is 15.9 Å². The summed E-state index contributed by atoms with van der Waals surface area (Å²) < 4.78 is 0.994. The Labute approximate surface area is 200 Å². The first-order valence-corrected chi connectivity index (χ1v) is 11.5. The van der Waals surface area contributed by atoms with Gasteiger partial charge in [-0.05, 0) is 36.4 Å². The summed E-state index contributed by atoms with van der Waals surface area (Å²) >= 11 is 3.47. The molecule has 7 heteroatoms. The Morgan fingerprint density at radius 1 is 0.970 bits per heavy atom. The second-order valence-electron chi connectivity index (χ2n) is 7.84. The average molecular weight is 498 g/mol. The average Bonchev–Trinajstić information content (AvgIpc) is 2.88. The first-order chi connectivity index (χ1) is 16.1. The number of benzene rings is 2. The van der Waals surface area contributed by atoms with Crippen LogP contribution < -0.4 is 4.90 Å². The standard InChI is InChI=1S/C26H20BrN5O/c27-20-9-7-18(8-10-20)24-16-22(21-5-1-2-6-23(21)30-24)26(33)32-14-12-31(13-15-32)25-19(17-28)4-3-11-29-25/h1-11,16H,12-15H2. The number of fused-ring (bicyclic) bond motifs is 1. The Kier molecular flexibility index (Phi) is 5.76. The predicted molar refractivity (Wildman–Crippen MR) is 132 cm³/mol. The largest absolute Gasteiger partial charge is 0.352 e. The van der Waals surface area contributed by atoms with Gasteiger partial charge in [0.1, 0.15) is 11.9 Å². The molecule has 6 nitrogen and oxygen atoms in total. The molecule has 162 valence electrons. The molecule has 0 N–H and O–H groups in total. The Morgan fingerprint density at radius 3 is 2.48 bits per heavy atom. The van der Waals surface area contributed by atoms with Gasteiger partial charge in [0, 0.05) is 47.8 Å². The van der Waals surface area contributed by atoms with E-state index in [1.54, 1.807) is 18.3 Å². The molecule has 4 aromatic rings. The second-order valence-corrected chi connectivity index (χ2v) is 8.76. The molecular weight excluding hydrogens is 478 g/mol. The van der Waals surface area contributed by atoms with Crippen LogP contribution in [0.5, 0.6) is 0 Å².